The highest BCUT2D eigenvalue weighted by Gasteiger charge is 2.21. The molecule has 3 aromatic rings. The first-order valence-electron chi connectivity index (χ1n) is 9.66. The van der Waals surface area contributed by atoms with Crippen LogP contribution in [0.4, 0.5) is 11.6 Å². The molecule has 0 amide bonds. The lowest BCUT2D eigenvalue weighted by Gasteiger charge is -2.25. The van der Waals surface area contributed by atoms with E-state index in [9.17, 15) is 9.90 Å². The molecular weight excluding hydrogens is 370 g/mol. The number of benzene rings is 1. The van der Waals surface area contributed by atoms with E-state index in [4.69, 9.17) is 5.11 Å². The molecule has 2 heterocycles. The molecular formula is C21H23N5O3. The summed E-state index contributed by atoms with van der Waals surface area (Å²) < 4.78 is 1.94. The molecule has 1 fully saturated rings. The van der Waals surface area contributed by atoms with E-state index in [2.05, 4.69) is 20.4 Å². The van der Waals surface area contributed by atoms with Gasteiger partial charge in [-0.1, -0.05) is 12.1 Å². The summed E-state index contributed by atoms with van der Waals surface area (Å²) in [6.07, 6.45) is 8.67. The maximum Gasteiger partial charge on any atom is 0.335 e. The largest absolute Gasteiger partial charge is 0.478 e. The SMILES string of the molecule is Cc1cnc(Nc2cnn(C3CCC(O)CC3)c2)nc1-c1ccc(C(=O)O)cc1. The summed E-state index contributed by atoms with van der Waals surface area (Å²) in [5, 5.41) is 26.4. The van der Waals surface area contributed by atoms with Gasteiger partial charge in [0, 0.05) is 18.0 Å². The zero-order valence-corrected chi connectivity index (χ0v) is 16.1. The minimum absolute atomic E-state index is 0.191. The molecule has 0 bridgehead atoms. The van der Waals surface area contributed by atoms with E-state index in [0.717, 1.165) is 48.2 Å². The molecule has 1 aliphatic carbocycles. The lowest BCUT2D eigenvalue weighted by atomic mass is 9.93. The first-order chi connectivity index (χ1) is 14.0. The number of nitrogens with zero attached hydrogens (tertiary/aromatic N) is 4. The summed E-state index contributed by atoms with van der Waals surface area (Å²) in [6, 6.07) is 6.93. The number of aromatic carboxylic acids is 1. The van der Waals surface area contributed by atoms with Gasteiger partial charge < -0.3 is 15.5 Å². The molecule has 3 N–H and O–H groups in total. The van der Waals surface area contributed by atoms with Gasteiger partial charge in [-0.2, -0.15) is 5.10 Å². The predicted octanol–water partition coefficient (Wildman–Crippen LogP) is 3.57. The molecule has 1 saturated carbocycles. The molecule has 4 rings (SSSR count). The molecule has 8 nitrogen and oxygen atoms in total. The van der Waals surface area contributed by atoms with Crippen LogP contribution in [0.25, 0.3) is 11.3 Å². The van der Waals surface area contributed by atoms with Gasteiger partial charge in [-0.3, -0.25) is 4.68 Å². The first-order valence-corrected chi connectivity index (χ1v) is 9.66. The Kier molecular flexibility index (Phi) is 5.26. The highest BCUT2D eigenvalue weighted by atomic mass is 16.4. The molecule has 1 aliphatic rings. The summed E-state index contributed by atoms with van der Waals surface area (Å²) in [4.78, 5) is 20.0. The van der Waals surface area contributed by atoms with Gasteiger partial charge in [0.05, 0.1) is 35.3 Å². The lowest BCUT2D eigenvalue weighted by Crippen LogP contribution is -2.21. The molecule has 8 heteroatoms. The summed E-state index contributed by atoms with van der Waals surface area (Å²) in [6.45, 7) is 1.92. The van der Waals surface area contributed by atoms with Gasteiger partial charge in [0.15, 0.2) is 0 Å². The number of aliphatic hydroxyl groups is 1. The van der Waals surface area contributed by atoms with Crippen LogP contribution in [0.1, 0.15) is 47.6 Å². The van der Waals surface area contributed by atoms with Crippen LogP contribution in [0, 0.1) is 6.92 Å². The van der Waals surface area contributed by atoms with E-state index < -0.39 is 5.97 Å². The summed E-state index contributed by atoms with van der Waals surface area (Å²) in [5.41, 5.74) is 3.51. The Balaban J connectivity index is 1.51. The van der Waals surface area contributed by atoms with Crippen LogP contribution in [-0.2, 0) is 0 Å². The average Bonchev–Trinajstić information content (AvgIpc) is 3.18. The summed E-state index contributed by atoms with van der Waals surface area (Å²) >= 11 is 0. The Morgan fingerprint density at radius 2 is 1.86 bits per heavy atom. The summed E-state index contributed by atoms with van der Waals surface area (Å²) in [7, 11) is 0. The van der Waals surface area contributed by atoms with Gasteiger partial charge in [-0.25, -0.2) is 14.8 Å². The second-order valence-electron chi connectivity index (χ2n) is 7.40. The number of aryl methyl sites for hydroxylation is 1. The van der Waals surface area contributed by atoms with Gasteiger partial charge in [0.25, 0.3) is 0 Å². The van der Waals surface area contributed by atoms with Crippen molar-refractivity contribution in [3.05, 3.63) is 54.0 Å². The standard InChI is InChI=1S/C21H23N5O3/c1-13-10-22-21(25-19(13)14-2-4-15(5-3-14)20(28)29)24-16-11-23-26(12-16)17-6-8-18(27)9-7-17/h2-5,10-12,17-18,27H,6-9H2,1H3,(H,28,29)(H,22,24,25). The van der Waals surface area contributed by atoms with Crippen LogP contribution in [0.2, 0.25) is 0 Å². The van der Waals surface area contributed by atoms with Crippen molar-refractivity contribution in [3.63, 3.8) is 0 Å². The summed E-state index contributed by atoms with van der Waals surface area (Å²) in [5.74, 6) is -0.505. The van der Waals surface area contributed by atoms with E-state index in [-0.39, 0.29) is 11.7 Å². The van der Waals surface area contributed by atoms with Crippen molar-refractivity contribution in [2.24, 2.45) is 0 Å². The predicted molar refractivity (Wildman–Crippen MR) is 108 cm³/mol. The third-order valence-corrected chi connectivity index (χ3v) is 5.27. The molecule has 150 valence electrons. The van der Waals surface area contributed by atoms with Gasteiger partial charge in [0.2, 0.25) is 5.95 Å². The maximum absolute atomic E-state index is 11.0. The number of carboxylic acids is 1. The minimum atomic E-state index is -0.956. The number of rotatable bonds is 5. The highest BCUT2D eigenvalue weighted by molar-refractivity contribution is 5.88. The number of hydrogen-bond donors (Lipinski definition) is 3. The van der Waals surface area contributed by atoms with Crippen molar-refractivity contribution >= 4 is 17.6 Å². The van der Waals surface area contributed by atoms with E-state index in [1.54, 1.807) is 36.7 Å². The van der Waals surface area contributed by atoms with Crippen LogP contribution < -0.4 is 5.32 Å². The van der Waals surface area contributed by atoms with Crippen molar-refractivity contribution in [3.8, 4) is 11.3 Å². The average molecular weight is 393 g/mol. The van der Waals surface area contributed by atoms with Gasteiger partial charge in [-0.15, -0.1) is 0 Å². The molecule has 0 atom stereocenters. The normalized spacial score (nSPS) is 19.1. The molecule has 1 aromatic carbocycles. The Bertz CT molecular complexity index is 1010. The van der Waals surface area contributed by atoms with Gasteiger partial charge in [0.1, 0.15) is 0 Å². The number of aromatic nitrogens is 4. The van der Waals surface area contributed by atoms with E-state index in [0.29, 0.717) is 12.0 Å². The molecule has 0 aliphatic heterocycles. The second kappa shape index (κ2) is 8.00. The molecule has 0 saturated heterocycles. The first kappa shape index (κ1) is 19.1. The topological polar surface area (TPSA) is 113 Å². The Morgan fingerprint density at radius 3 is 2.55 bits per heavy atom. The number of aliphatic hydroxyl groups excluding tert-OH is 1. The fraction of sp³-hybridized carbons (Fsp3) is 0.333. The van der Waals surface area contributed by atoms with Crippen molar-refractivity contribution in [2.75, 3.05) is 5.32 Å². The Morgan fingerprint density at radius 1 is 1.14 bits per heavy atom. The van der Waals surface area contributed by atoms with E-state index in [1.807, 2.05) is 17.8 Å². The fourth-order valence-electron chi connectivity index (χ4n) is 3.62. The molecule has 29 heavy (non-hydrogen) atoms. The van der Waals surface area contributed by atoms with Crippen molar-refractivity contribution in [1.29, 1.82) is 0 Å². The second-order valence-corrected chi connectivity index (χ2v) is 7.40. The van der Waals surface area contributed by atoms with E-state index in [1.165, 1.54) is 0 Å². The molecule has 0 radical (unpaired) electrons. The van der Waals surface area contributed by atoms with Crippen LogP contribution >= 0.6 is 0 Å². The quantitative estimate of drug-likeness (QED) is 0.607. The van der Waals surface area contributed by atoms with E-state index >= 15 is 0 Å². The zero-order valence-electron chi connectivity index (χ0n) is 16.1. The lowest BCUT2D eigenvalue weighted by molar-refractivity contribution is 0.0697. The van der Waals surface area contributed by atoms with Crippen molar-refractivity contribution < 1.29 is 15.0 Å². The number of nitrogens with one attached hydrogen (secondary N) is 1. The van der Waals surface area contributed by atoms with Crippen molar-refractivity contribution in [1.82, 2.24) is 19.7 Å². The molecule has 0 unspecified atom stereocenters. The number of carboxylic acid groups (broad SMARTS) is 1. The van der Waals surface area contributed by atoms with Crippen LogP contribution in [-0.4, -0.2) is 42.0 Å². The zero-order chi connectivity index (χ0) is 20.4. The fourth-order valence-corrected chi connectivity index (χ4v) is 3.62. The monoisotopic (exact) mass is 393 g/mol. The number of carbonyl (C=O) groups is 1. The van der Waals surface area contributed by atoms with Crippen LogP contribution in [0.5, 0.6) is 0 Å². The highest BCUT2D eigenvalue weighted by Crippen LogP contribution is 2.29. The van der Waals surface area contributed by atoms with Gasteiger partial charge in [-0.05, 0) is 50.3 Å². The third kappa shape index (κ3) is 4.27. The number of anilines is 2. The van der Waals surface area contributed by atoms with Crippen molar-refractivity contribution in [2.45, 2.75) is 44.8 Å². The van der Waals surface area contributed by atoms with Crippen LogP contribution in [0.3, 0.4) is 0 Å². The third-order valence-electron chi connectivity index (χ3n) is 5.27. The van der Waals surface area contributed by atoms with Crippen LogP contribution in [0.15, 0.2) is 42.9 Å². The Labute approximate surface area is 168 Å². The number of hydrogen-bond acceptors (Lipinski definition) is 6. The minimum Gasteiger partial charge on any atom is -0.478 e. The maximum atomic E-state index is 11.0. The molecule has 2 aromatic heterocycles. The Hall–Kier alpha value is -3.26. The van der Waals surface area contributed by atoms with Gasteiger partial charge >= 0.3 is 5.97 Å². The molecule has 0 spiro atoms. The smallest absolute Gasteiger partial charge is 0.335 e.